The lowest BCUT2D eigenvalue weighted by Gasteiger charge is -2.19. The third kappa shape index (κ3) is 6.03. The van der Waals surface area contributed by atoms with Gasteiger partial charge in [-0.25, -0.2) is 9.59 Å². The summed E-state index contributed by atoms with van der Waals surface area (Å²) in [7, 11) is 2.75. The van der Waals surface area contributed by atoms with Gasteiger partial charge >= 0.3 is 11.9 Å². The highest BCUT2D eigenvalue weighted by Gasteiger charge is 2.16. The smallest absolute Gasteiger partial charge is 0.337 e. The van der Waals surface area contributed by atoms with Crippen LogP contribution in [-0.4, -0.2) is 32.7 Å². The maximum atomic E-state index is 11.8. The van der Waals surface area contributed by atoms with E-state index in [1.54, 1.807) is 24.3 Å². The van der Waals surface area contributed by atoms with Crippen molar-refractivity contribution in [2.24, 2.45) is 0 Å². The molecule has 0 heterocycles. The standard InChI is InChI=1S/C26H27NO4/c1-30-25(28)22-12-8-20(9-13-22)24(16-17-27-18-19-6-4-3-5-7-19)21-10-14-23(15-11-21)26(29)31-2/h3-15,24,27H,16-18H2,1-2H3. The Morgan fingerprint density at radius 1 is 0.742 bits per heavy atom. The van der Waals surface area contributed by atoms with E-state index in [4.69, 9.17) is 9.47 Å². The first-order valence-corrected chi connectivity index (χ1v) is 10.2. The molecule has 0 saturated carbocycles. The van der Waals surface area contributed by atoms with Crippen molar-refractivity contribution in [3.63, 3.8) is 0 Å². The van der Waals surface area contributed by atoms with Gasteiger partial charge in [-0.15, -0.1) is 0 Å². The highest BCUT2D eigenvalue weighted by molar-refractivity contribution is 5.89. The van der Waals surface area contributed by atoms with Gasteiger partial charge in [0.25, 0.3) is 0 Å². The first-order chi connectivity index (χ1) is 15.1. The number of carbonyl (C=O) groups is 2. The average molecular weight is 418 g/mol. The minimum Gasteiger partial charge on any atom is -0.465 e. The van der Waals surface area contributed by atoms with Gasteiger partial charge in [-0.1, -0.05) is 54.6 Å². The zero-order chi connectivity index (χ0) is 22.1. The van der Waals surface area contributed by atoms with Crippen LogP contribution in [0.3, 0.4) is 0 Å². The first kappa shape index (κ1) is 22.2. The maximum Gasteiger partial charge on any atom is 0.337 e. The summed E-state index contributed by atoms with van der Waals surface area (Å²) in [5, 5.41) is 3.50. The van der Waals surface area contributed by atoms with Gasteiger partial charge in [0.1, 0.15) is 0 Å². The summed E-state index contributed by atoms with van der Waals surface area (Å²) in [5.41, 5.74) is 4.48. The number of hydrogen-bond donors (Lipinski definition) is 1. The molecule has 0 atom stereocenters. The molecule has 0 saturated heterocycles. The van der Waals surface area contributed by atoms with Crippen LogP contribution in [0.5, 0.6) is 0 Å². The van der Waals surface area contributed by atoms with Crippen molar-refractivity contribution in [3.05, 3.63) is 107 Å². The van der Waals surface area contributed by atoms with E-state index in [2.05, 4.69) is 17.4 Å². The van der Waals surface area contributed by atoms with Crippen LogP contribution in [0.4, 0.5) is 0 Å². The number of rotatable bonds is 9. The fourth-order valence-electron chi connectivity index (χ4n) is 3.54. The Morgan fingerprint density at radius 3 is 1.68 bits per heavy atom. The van der Waals surface area contributed by atoms with Crippen molar-refractivity contribution in [1.82, 2.24) is 5.32 Å². The lowest BCUT2D eigenvalue weighted by molar-refractivity contribution is 0.0592. The second-order valence-corrected chi connectivity index (χ2v) is 7.23. The normalized spacial score (nSPS) is 10.7. The highest BCUT2D eigenvalue weighted by atomic mass is 16.5. The van der Waals surface area contributed by atoms with Crippen molar-refractivity contribution < 1.29 is 19.1 Å². The summed E-state index contributed by atoms with van der Waals surface area (Å²) in [6.45, 7) is 1.62. The largest absolute Gasteiger partial charge is 0.465 e. The number of ether oxygens (including phenoxy) is 2. The van der Waals surface area contributed by atoms with E-state index in [0.717, 1.165) is 30.6 Å². The molecule has 3 aromatic rings. The molecular weight excluding hydrogens is 390 g/mol. The molecule has 0 radical (unpaired) electrons. The second-order valence-electron chi connectivity index (χ2n) is 7.23. The SMILES string of the molecule is COC(=O)c1ccc(C(CCNCc2ccccc2)c2ccc(C(=O)OC)cc2)cc1. The number of nitrogens with one attached hydrogen (secondary N) is 1. The molecule has 0 aliphatic rings. The Balaban J connectivity index is 1.76. The highest BCUT2D eigenvalue weighted by Crippen LogP contribution is 2.28. The Hall–Kier alpha value is -3.44. The van der Waals surface area contributed by atoms with Gasteiger partial charge in [0.2, 0.25) is 0 Å². The van der Waals surface area contributed by atoms with E-state index in [9.17, 15) is 9.59 Å². The van der Waals surface area contributed by atoms with Crippen LogP contribution in [0.25, 0.3) is 0 Å². The van der Waals surface area contributed by atoms with E-state index < -0.39 is 0 Å². The van der Waals surface area contributed by atoms with E-state index in [0.29, 0.717) is 11.1 Å². The molecule has 5 nitrogen and oxygen atoms in total. The predicted octanol–water partition coefficient (Wildman–Crippen LogP) is 4.57. The number of carbonyl (C=O) groups excluding carboxylic acids is 2. The quantitative estimate of drug-likeness (QED) is 0.408. The summed E-state index contributed by atoms with van der Waals surface area (Å²) < 4.78 is 9.59. The zero-order valence-corrected chi connectivity index (χ0v) is 17.8. The molecule has 5 heteroatoms. The summed E-state index contributed by atoms with van der Waals surface area (Å²) in [4.78, 5) is 23.5. The molecular formula is C26H27NO4. The molecule has 3 rings (SSSR count). The van der Waals surface area contributed by atoms with Crippen molar-refractivity contribution in [1.29, 1.82) is 0 Å². The van der Waals surface area contributed by atoms with Gasteiger partial charge in [0.05, 0.1) is 25.3 Å². The Bertz CT molecular complexity index is 923. The topological polar surface area (TPSA) is 64.6 Å². The van der Waals surface area contributed by atoms with E-state index >= 15 is 0 Å². The van der Waals surface area contributed by atoms with Gasteiger partial charge in [-0.3, -0.25) is 0 Å². The van der Waals surface area contributed by atoms with Crippen LogP contribution in [0, 0.1) is 0 Å². The van der Waals surface area contributed by atoms with Crippen molar-refractivity contribution >= 4 is 11.9 Å². The molecule has 31 heavy (non-hydrogen) atoms. The van der Waals surface area contributed by atoms with E-state index in [1.807, 2.05) is 42.5 Å². The molecule has 0 aromatic heterocycles. The Labute approximate surface area is 183 Å². The molecule has 0 spiro atoms. The third-order valence-corrected chi connectivity index (χ3v) is 5.25. The van der Waals surface area contributed by atoms with Gasteiger partial charge in [-0.2, -0.15) is 0 Å². The summed E-state index contributed by atoms with van der Waals surface area (Å²) in [6.07, 6.45) is 0.863. The van der Waals surface area contributed by atoms with Gasteiger partial charge in [0, 0.05) is 12.5 Å². The molecule has 0 amide bonds. The van der Waals surface area contributed by atoms with Crippen molar-refractivity contribution in [2.75, 3.05) is 20.8 Å². The van der Waals surface area contributed by atoms with E-state index in [-0.39, 0.29) is 17.9 Å². The average Bonchev–Trinajstić information content (AvgIpc) is 2.84. The molecule has 3 aromatic carbocycles. The lowest BCUT2D eigenvalue weighted by Crippen LogP contribution is -2.18. The van der Waals surface area contributed by atoms with E-state index in [1.165, 1.54) is 19.8 Å². The van der Waals surface area contributed by atoms with Crippen LogP contribution in [0.1, 0.15) is 49.7 Å². The van der Waals surface area contributed by atoms with Gasteiger partial charge in [0.15, 0.2) is 0 Å². The first-order valence-electron chi connectivity index (χ1n) is 10.2. The lowest BCUT2D eigenvalue weighted by atomic mass is 9.87. The second kappa shape index (κ2) is 11.1. The number of benzene rings is 3. The fourth-order valence-corrected chi connectivity index (χ4v) is 3.54. The van der Waals surface area contributed by atoms with Crippen molar-refractivity contribution in [2.45, 2.75) is 18.9 Å². The van der Waals surface area contributed by atoms with Crippen LogP contribution in [-0.2, 0) is 16.0 Å². The number of hydrogen-bond acceptors (Lipinski definition) is 5. The predicted molar refractivity (Wildman–Crippen MR) is 120 cm³/mol. The molecule has 160 valence electrons. The molecule has 1 N–H and O–H groups in total. The van der Waals surface area contributed by atoms with Crippen LogP contribution < -0.4 is 5.32 Å². The minimum absolute atomic E-state index is 0.113. The van der Waals surface area contributed by atoms with Crippen molar-refractivity contribution in [3.8, 4) is 0 Å². The number of esters is 2. The molecule has 0 fully saturated rings. The Kier molecular flexibility index (Phi) is 7.96. The maximum absolute atomic E-state index is 11.8. The zero-order valence-electron chi connectivity index (χ0n) is 17.8. The minimum atomic E-state index is -0.352. The number of methoxy groups -OCH3 is 2. The van der Waals surface area contributed by atoms with Gasteiger partial charge in [-0.05, 0) is 53.9 Å². The molecule has 0 unspecified atom stereocenters. The molecule has 0 bridgehead atoms. The van der Waals surface area contributed by atoms with Crippen LogP contribution >= 0.6 is 0 Å². The fraction of sp³-hybridized carbons (Fsp3) is 0.231. The third-order valence-electron chi connectivity index (χ3n) is 5.25. The summed E-state index contributed by atoms with van der Waals surface area (Å²) in [6, 6.07) is 25.3. The summed E-state index contributed by atoms with van der Waals surface area (Å²) >= 11 is 0. The molecule has 0 aliphatic carbocycles. The summed E-state index contributed by atoms with van der Waals surface area (Å²) in [5.74, 6) is -0.591. The Morgan fingerprint density at radius 2 is 1.23 bits per heavy atom. The van der Waals surface area contributed by atoms with Gasteiger partial charge < -0.3 is 14.8 Å². The molecule has 0 aliphatic heterocycles. The monoisotopic (exact) mass is 417 g/mol. The van der Waals surface area contributed by atoms with Crippen LogP contribution in [0.2, 0.25) is 0 Å². The van der Waals surface area contributed by atoms with Crippen LogP contribution in [0.15, 0.2) is 78.9 Å².